The highest BCUT2D eigenvalue weighted by Crippen LogP contribution is 2.26. The van der Waals surface area contributed by atoms with Crippen LogP contribution in [0.15, 0.2) is 103 Å². The molecule has 35 heavy (non-hydrogen) atoms. The summed E-state index contributed by atoms with van der Waals surface area (Å²) in [5.74, 6) is 1.37. The Balaban J connectivity index is 1.37. The van der Waals surface area contributed by atoms with Gasteiger partial charge in [-0.25, -0.2) is 9.59 Å². The van der Waals surface area contributed by atoms with E-state index >= 15 is 0 Å². The number of ether oxygens (including phenoxy) is 3. The molecule has 4 aromatic carbocycles. The van der Waals surface area contributed by atoms with Crippen LogP contribution in [-0.4, -0.2) is 11.9 Å². The summed E-state index contributed by atoms with van der Waals surface area (Å²) in [6, 6.07) is 29.8. The van der Waals surface area contributed by atoms with Crippen molar-refractivity contribution in [2.24, 2.45) is 0 Å². The van der Waals surface area contributed by atoms with E-state index in [1.165, 1.54) is 0 Å². The SMILES string of the molecule is O=C1Oc2cc3c(cc2=C1C=Cc1cccc(Oc2ccccc2)c1)OC(=O)C=3c1ccccc1. The van der Waals surface area contributed by atoms with Crippen molar-refractivity contribution in [1.82, 2.24) is 0 Å². The van der Waals surface area contributed by atoms with E-state index in [0.717, 1.165) is 16.9 Å². The zero-order valence-electron chi connectivity index (χ0n) is 18.4. The standard InChI is InChI=1S/C30H18O5/c31-29-23(15-14-19-8-7-13-22(16-19)33-21-11-5-2-6-12-21)24-17-27-25(18-26(24)34-29)28(30(32)35-27)20-9-3-1-4-10-20/h1-18H. The smallest absolute Gasteiger partial charge is 0.344 e. The Morgan fingerprint density at radius 1 is 0.600 bits per heavy atom. The zero-order valence-corrected chi connectivity index (χ0v) is 18.4. The third-order valence-corrected chi connectivity index (χ3v) is 5.81. The lowest BCUT2D eigenvalue weighted by Gasteiger charge is -2.05. The first kappa shape index (κ1) is 20.7. The predicted molar refractivity (Wildman–Crippen MR) is 131 cm³/mol. The highest BCUT2D eigenvalue weighted by Gasteiger charge is 2.29. The molecule has 6 rings (SSSR count). The van der Waals surface area contributed by atoms with Gasteiger partial charge >= 0.3 is 11.9 Å². The van der Waals surface area contributed by atoms with Gasteiger partial charge in [-0.05, 0) is 53.6 Å². The first-order valence-corrected chi connectivity index (χ1v) is 11.1. The molecule has 0 unspecified atom stereocenters. The first-order chi connectivity index (χ1) is 17.2. The lowest BCUT2D eigenvalue weighted by molar-refractivity contribution is -0.128. The highest BCUT2D eigenvalue weighted by atomic mass is 16.5. The minimum Gasteiger partial charge on any atom is -0.457 e. The van der Waals surface area contributed by atoms with Gasteiger partial charge in [0.2, 0.25) is 0 Å². The van der Waals surface area contributed by atoms with Crippen molar-refractivity contribution in [2.45, 2.75) is 0 Å². The summed E-state index contributed by atoms with van der Waals surface area (Å²) in [5, 5.41) is 1.20. The summed E-state index contributed by atoms with van der Waals surface area (Å²) in [6.07, 6.45) is 3.53. The number of hydrogen-bond acceptors (Lipinski definition) is 5. The van der Waals surface area contributed by atoms with Crippen LogP contribution in [0, 0.1) is 0 Å². The first-order valence-electron chi connectivity index (χ1n) is 11.1. The normalized spacial score (nSPS) is 14.1. The molecule has 0 aliphatic carbocycles. The number of carbonyl (C=O) groups is 2. The minimum absolute atomic E-state index is 0.390. The van der Waals surface area contributed by atoms with Crippen LogP contribution >= 0.6 is 0 Å². The molecule has 5 nitrogen and oxygen atoms in total. The molecule has 0 saturated heterocycles. The molecule has 2 heterocycles. The third kappa shape index (κ3) is 3.89. The van der Waals surface area contributed by atoms with Gasteiger partial charge in [0, 0.05) is 10.4 Å². The molecule has 0 bridgehead atoms. The Hall–Kier alpha value is -4.90. The molecule has 0 saturated carbocycles. The topological polar surface area (TPSA) is 61.8 Å². The number of esters is 2. The second kappa shape index (κ2) is 8.47. The molecule has 0 atom stereocenters. The Morgan fingerprint density at radius 2 is 1.26 bits per heavy atom. The second-order valence-electron chi connectivity index (χ2n) is 8.10. The summed E-state index contributed by atoms with van der Waals surface area (Å²) in [5.41, 5.74) is 2.46. The van der Waals surface area contributed by atoms with Gasteiger partial charge in [0.05, 0.1) is 11.1 Å². The molecule has 0 amide bonds. The van der Waals surface area contributed by atoms with E-state index in [2.05, 4.69) is 0 Å². The molecule has 0 radical (unpaired) electrons. The van der Waals surface area contributed by atoms with Crippen LogP contribution in [-0.2, 0) is 9.59 Å². The van der Waals surface area contributed by atoms with Gasteiger partial charge in [0.1, 0.15) is 23.0 Å². The molecule has 2 aliphatic rings. The van der Waals surface area contributed by atoms with Crippen molar-refractivity contribution in [3.8, 4) is 23.0 Å². The molecular formula is C30H18O5. The fraction of sp³-hybridized carbons (Fsp3) is 0. The molecule has 0 N–H and O–H groups in total. The molecule has 168 valence electrons. The van der Waals surface area contributed by atoms with Crippen LogP contribution in [0.5, 0.6) is 23.0 Å². The fourth-order valence-electron chi connectivity index (χ4n) is 4.18. The van der Waals surface area contributed by atoms with E-state index in [1.807, 2.05) is 91.0 Å². The highest BCUT2D eigenvalue weighted by molar-refractivity contribution is 6.20. The van der Waals surface area contributed by atoms with Gasteiger partial charge in [-0.2, -0.15) is 0 Å². The summed E-state index contributed by atoms with van der Waals surface area (Å²) < 4.78 is 16.9. The van der Waals surface area contributed by atoms with Crippen molar-refractivity contribution in [3.05, 3.63) is 125 Å². The van der Waals surface area contributed by atoms with Crippen molar-refractivity contribution in [1.29, 1.82) is 0 Å². The fourth-order valence-corrected chi connectivity index (χ4v) is 4.18. The molecule has 5 heteroatoms. The summed E-state index contributed by atoms with van der Waals surface area (Å²) in [7, 11) is 0. The molecule has 0 fully saturated rings. The van der Waals surface area contributed by atoms with E-state index in [9.17, 15) is 9.59 Å². The van der Waals surface area contributed by atoms with Crippen LogP contribution < -0.4 is 24.6 Å². The number of carbonyl (C=O) groups excluding carboxylic acids is 2. The van der Waals surface area contributed by atoms with Crippen LogP contribution in [0.3, 0.4) is 0 Å². The Morgan fingerprint density at radius 3 is 2.06 bits per heavy atom. The summed E-state index contributed by atoms with van der Waals surface area (Å²) >= 11 is 0. The third-order valence-electron chi connectivity index (χ3n) is 5.81. The minimum atomic E-state index is -0.454. The lowest BCUT2D eigenvalue weighted by Crippen LogP contribution is -2.10. The number of fused-ring (bicyclic) bond motifs is 2. The predicted octanol–water partition coefficient (Wildman–Crippen LogP) is 4.38. The Labute approximate surface area is 200 Å². The monoisotopic (exact) mass is 458 g/mol. The van der Waals surface area contributed by atoms with Crippen molar-refractivity contribution in [2.75, 3.05) is 0 Å². The Bertz CT molecular complexity index is 1630. The van der Waals surface area contributed by atoms with Gasteiger partial charge < -0.3 is 14.2 Å². The van der Waals surface area contributed by atoms with E-state index in [-0.39, 0.29) is 0 Å². The van der Waals surface area contributed by atoms with Crippen LogP contribution in [0.1, 0.15) is 11.1 Å². The number of rotatable bonds is 5. The molecule has 0 spiro atoms. The number of para-hydroxylation sites is 1. The number of hydrogen-bond donors (Lipinski definition) is 0. The Kier molecular flexibility index (Phi) is 5.00. The summed E-state index contributed by atoms with van der Waals surface area (Å²) in [4.78, 5) is 25.2. The zero-order chi connectivity index (χ0) is 23.8. The van der Waals surface area contributed by atoms with Gasteiger partial charge in [-0.15, -0.1) is 0 Å². The van der Waals surface area contributed by atoms with E-state index in [1.54, 1.807) is 18.2 Å². The maximum Gasteiger partial charge on any atom is 0.344 e. The van der Waals surface area contributed by atoms with Crippen LogP contribution in [0.2, 0.25) is 0 Å². The van der Waals surface area contributed by atoms with Crippen molar-refractivity contribution in [3.63, 3.8) is 0 Å². The maximum atomic E-state index is 12.7. The largest absolute Gasteiger partial charge is 0.457 e. The van der Waals surface area contributed by atoms with E-state index in [0.29, 0.717) is 38.8 Å². The molecular weight excluding hydrogens is 440 g/mol. The molecule has 4 aromatic rings. The molecule has 2 aliphatic heterocycles. The van der Waals surface area contributed by atoms with Crippen molar-refractivity contribution < 1.29 is 23.8 Å². The van der Waals surface area contributed by atoms with Crippen LogP contribution in [0.25, 0.3) is 17.2 Å². The lowest BCUT2D eigenvalue weighted by atomic mass is 10.0. The average Bonchev–Trinajstić information content (AvgIpc) is 3.36. The van der Waals surface area contributed by atoms with Crippen LogP contribution in [0.4, 0.5) is 0 Å². The average molecular weight is 458 g/mol. The van der Waals surface area contributed by atoms with Gasteiger partial charge in [0.25, 0.3) is 0 Å². The maximum absolute atomic E-state index is 12.7. The molecule has 0 aromatic heterocycles. The van der Waals surface area contributed by atoms with Gasteiger partial charge in [0.15, 0.2) is 0 Å². The van der Waals surface area contributed by atoms with Gasteiger partial charge in [-0.3, -0.25) is 0 Å². The van der Waals surface area contributed by atoms with E-state index < -0.39 is 11.9 Å². The van der Waals surface area contributed by atoms with E-state index in [4.69, 9.17) is 14.2 Å². The number of benzene rings is 4. The summed E-state index contributed by atoms with van der Waals surface area (Å²) in [6.45, 7) is 0. The van der Waals surface area contributed by atoms with Crippen molar-refractivity contribution >= 4 is 29.2 Å². The quantitative estimate of drug-likeness (QED) is 0.328. The second-order valence-corrected chi connectivity index (χ2v) is 8.10. The van der Waals surface area contributed by atoms with Gasteiger partial charge in [-0.1, -0.05) is 66.7 Å².